The summed E-state index contributed by atoms with van der Waals surface area (Å²) in [6.45, 7) is 3.80. The third-order valence-corrected chi connectivity index (χ3v) is 4.15. The summed E-state index contributed by atoms with van der Waals surface area (Å²) >= 11 is 0. The van der Waals surface area contributed by atoms with Crippen LogP contribution in [0.25, 0.3) is 0 Å². The molecule has 1 spiro atoms. The first-order valence-corrected chi connectivity index (χ1v) is 6.63. The number of carbonyl (C=O) groups excluding carboxylic acids is 2. The highest BCUT2D eigenvalue weighted by molar-refractivity contribution is 5.83. The van der Waals surface area contributed by atoms with Gasteiger partial charge in [0, 0.05) is 19.6 Å². The Hall–Kier alpha value is -1.30. The van der Waals surface area contributed by atoms with Crippen LogP contribution in [0.15, 0.2) is 0 Å². The van der Waals surface area contributed by atoms with Crippen LogP contribution in [-0.2, 0) is 4.79 Å². The smallest absolute Gasteiger partial charge is 0.312 e. The van der Waals surface area contributed by atoms with E-state index in [4.69, 9.17) is 5.73 Å². The molecule has 2 heterocycles. The van der Waals surface area contributed by atoms with E-state index in [1.54, 1.807) is 0 Å². The quantitative estimate of drug-likeness (QED) is 0.629. The zero-order chi connectivity index (χ0) is 13.0. The summed E-state index contributed by atoms with van der Waals surface area (Å²) in [4.78, 5) is 24.2. The van der Waals surface area contributed by atoms with Crippen LogP contribution in [0.2, 0.25) is 0 Å². The highest BCUT2D eigenvalue weighted by Gasteiger charge is 2.36. The van der Waals surface area contributed by atoms with Gasteiger partial charge in [-0.1, -0.05) is 0 Å². The standard InChI is InChI=1S/C12H22N4O2/c13-11(18)15-8-10(17)16-6-3-12(4-7-16)2-1-5-14-9-12/h14H,1-9H2,(H3,13,15,18). The molecule has 102 valence electrons. The summed E-state index contributed by atoms with van der Waals surface area (Å²) < 4.78 is 0. The normalized spacial score (nSPS) is 22.8. The second-order valence-corrected chi connectivity index (χ2v) is 5.38. The van der Waals surface area contributed by atoms with Gasteiger partial charge in [0.1, 0.15) is 0 Å². The molecule has 0 bridgehead atoms. The number of carbonyl (C=O) groups is 2. The van der Waals surface area contributed by atoms with Gasteiger partial charge in [0.2, 0.25) is 5.91 Å². The Balaban J connectivity index is 1.78. The van der Waals surface area contributed by atoms with Crippen molar-refractivity contribution in [3.8, 4) is 0 Å². The van der Waals surface area contributed by atoms with Crippen LogP contribution >= 0.6 is 0 Å². The maximum Gasteiger partial charge on any atom is 0.312 e. The average Bonchev–Trinajstić information content (AvgIpc) is 2.38. The number of nitrogens with two attached hydrogens (primary N) is 1. The molecule has 3 amide bonds. The Bertz CT molecular complexity index is 316. The molecule has 0 aliphatic carbocycles. The van der Waals surface area contributed by atoms with Crippen molar-refractivity contribution in [3.05, 3.63) is 0 Å². The van der Waals surface area contributed by atoms with Crippen molar-refractivity contribution in [1.29, 1.82) is 0 Å². The Labute approximate surface area is 107 Å². The molecule has 6 heteroatoms. The van der Waals surface area contributed by atoms with Gasteiger partial charge >= 0.3 is 6.03 Å². The van der Waals surface area contributed by atoms with Gasteiger partial charge in [-0.2, -0.15) is 0 Å². The topological polar surface area (TPSA) is 87.5 Å². The number of urea groups is 1. The molecule has 0 saturated carbocycles. The van der Waals surface area contributed by atoms with Crippen molar-refractivity contribution >= 4 is 11.9 Å². The first-order chi connectivity index (χ1) is 8.61. The van der Waals surface area contributed by atoms with Gasteiger partial charge in [-0.25, -0.2) is 4.79 Å². The number of rotatable bonds is 2. The summed E-state index contributed by atoms with van der Waals surface area (Å²) in [5.41, 5.74) is 5.35. The van der Waals surface area contributed by atoms with E-state index in [1.165, 1.54) is 12.8 Å². The molecule has 0 aromatic rings. The van der Waals surface area contributed by atoms with Crippen LogP contribution in [0.5, 0.6) is 0 Å². The lowest BCUT2D eigenvalue weighted by Crippen LogP contribution is -2.51. The van der Waals surface area contributed by atoms with Crippen molar-refractivity contribution in [2.24, 2.45) is 11.1 Å². The van der Waals surface area contributed by atoms with Gasteiger partial charge in [-0.15, -0.1) is 0 Å². The van der Waals surface area contributed by atoms with E-state index in [9.17, 15) is 9.59 Å². The summed E-state index contributed by atoms with van der Waals surface area (Å²) in [5.74, 6) is -0.0348. The molecule has 0 aromatic heterocycles. The Morgan fingerprint density at radius 3 is 2.56 bits per heavy atom. The van der Waals surface area contributed by atoms with E-state index in [-0.39, 0.29) is 12.5 Å². The molecule has 18 heavy (non-hydrogen) atoms. The number of piperidine rings is 2. The molecule has 2 aliphatic heterocycles. The molecule has 4 N–H and O–H groups in total. The Morgan fingerprint density at radius 1 is 1.28 bits per heavy atom. The van der Waals surface area contributed by atoms with E-state index >= 15 is 0 Å². The van der Waals surface area contributed by atoms with Crippen LogP contribution in [0.4, 0.5) is 4.79 Å². The lowest BCUT2D eigenvalue weighted by Gasteiger charge is -2.44. The summed E-state index contributed by atoms with van der Waals surface area (Å²) in [6.07, 6.45) is 4.61. The molecular formula is C12H22N4O2. The van der Waals surface area contributed by atoms with Crippen LogP contribution in [0.1, 0.15) is 25.7 Å². The fraction of sp³-hybridized carbons (Fsp3) is 0.833. The number of likely N-dealkylation sites (tertiary alicyclic amines) is 1. The van der Waals surface area contributed by atoms with Crippen molar-refractivity contribution in [2.75, 3.05) is 32.7 Å². The number of hydrogen-bond acceptors (Lipinski definition) is 3. The van der Waals surface area contributed by atoms with Crippen LogP contribution in [0, 0.1) is 5.41 Å². The largest absolute Gasteiger partial charge is 0.352 e. The van der Waals surface area contributed by atoms with Gasteiger partial charge in [0.15, 0.2) is 0 Å². The van der Waals surface area contributed by atoms with Crippen LogP contribution < -0.4 is 16.4 Å². The molecular weight excluding hydrogens is 232 g/mol. The minimum absolute atomic E-state index is 0.0145. The minimum Gasteiger partial charge on any atom is -0.352 e. The second kappa shape index (κ2) is 5.56. The number of nitrogens with one attached hydrogen (secondary N) is 2. The molecule has 2 saturated heterocycles. The maximum absolute atomic E-state index is 11.8. The number of primary amides is 1. The lowest BCUT2D eigenvalue weighted by atomic mass is 9.73. The predicted molar refractivity (Wildman–Crippen MR) is 67.9 cm³/mol. The monoisotopic (exact) mass is 254 g/mol. The zero-order valence-electron chi connectivity index (χ0n) is 10.7. The van der Waals surface area contributed by atoms with Crippen molar-refractivity contribution in [2.45, 2.75) is 25.7 Å². The minimum atomic E-state index is -0.645. The third kappa shape index (κ3) is 3.13. The Morgan fingerprint density at radius 2 is 2.00 bits per heavy atom. The molecule has 2 rings (SSSR count). The molecule has 2 aliphatic rings. The van der Waals surface area contributed by atoms with Gasteiger partial charge in [0.25, 0.3) is 0 Å². The van der Waals surface area contributed by atoms with Crippen molar-refractivity contribution in [3.63, 3.8) is 0 Å². The van der Waals surface area contributed by atoms with Gasteiger partial charge in [0.05, 0.1) is 6.54 Å². The van der Waals surface area contributed by atoms with E-state index < -0.39 is 6.03 Å². The van der Waals surface area contributed by atoms with Gasteiger partial charge in [-0.3, -0.25) is 4.79 Å². The van der Waals surface area contributed by atoms with Crippen molar-refractivity contribution < 1.29 is 9.59 Å². The number of amides is 3. The Kier molecular flexibility index (Phi) is 4.06. The highest BCUT2D eigenvalue weighted by Crippen LogP contribution is 2.37. The van der Waals surface area contributed by atoms with Crippen molar-refractivity contribution in [1.82, 2.24) is 15.5 Å². The molecule has 0 unspecified atom stereocenters. The van der Waals surface area contributed by atoms with E-state index in [0.29, 0.717) is 5.41 Å². The summed E-state index contributed by atoms with van der Waals surface area (Å²) in [6, 6.07) is -0.645. The van der Waals surface area contributed by atoms with E-state index in [1.807, 2.05) is 4.90 Å². The maximum atomic E-state index is 11.8. The van der Waals surface area contributed by atoms with E-state index in [2.05, 4.69) is 10.6 Å². The second-order valence-electron chi connectivity index (χ2n) is 5.38. The summed E-state index contributed by atoms with van der Waals surface area (Å²) in [7, 11) is 0. The van der Waals surface area contributed by atoms with Crippen LogP contribution in [-0.4, -0.2) is 49.6 Å². The fourth-order valence-corrected chi connectivity index (χ4v) is 2.96. The highest BCUT2D eigenvalue weighted by atomic mass is 16.2. The average molecular weight is 254 g/mol. The SMILES string of the molecule is NC(=O)NCC(=O)N1CCC2(CCCNC2)CC1. The molecule has 6 nitrogen and oxygen atoms in total. The molecule has 0 radical (unpaired) electrons. The molecule has 0 aromatic carbocycles. The summed E-state index contributed by atoms with van der Waals surface area (Å²) in [5, 5.41) is 5.80. The van der Waals surface area contributed by atoms with Crippen LogP contribution in [0.3, 0.4) is 0 Å². The third-order valence-electron chi connectivity index (χ3n) is 4.15. The lowest BCUT2D eigenvalue weighted by molar-refractivity contribution is -0.132. The fourth-order valence-electron chi connectivity index (χ4n) is 2.96. The molecule has 2 fully saturated rings. The van der Waals surface area contributed by atoms with Gasteiger partial charge < -0.3 is 21.3 Å². The zero-order valence-corrected chi connectivity index (χ0v) is 10.7. The number of hydrogen-bond donors (Lipinski definition) is 3. The first kappa shape index (κ1) is 13.1. The van der Waals surface area contributed by atoms with E-state index in [0.717, 1.165) is 39.0 Å². The first-order valence-electron chi connectivity index (χ1n) is 6.63. The molecule has 0 atom stereocenters. The predicted octanol–water partition coefficient (Wildman–Crippen LogP) is -0.353. The van der Waals surface area contributed by atoms with Gasteiger partial charge in [-0.05, 0) is 37.6 Å². The number of nitrogens with zero attached hydrogens (tertiary/aromatic N) is 1.